The number of nitrogens with two attached hydrogens (primary N) is 1. The monoisotopic (exact) mass is 392 g/mol. The van der Waals surface area contributed by atoms with Gasteiger partial charge in [0, 0.05) is 20.6 Å². The van der Waals surface area contributed by atoms with E-state index in [1.54, 1.807) is 18.2 Å². The molecule has 0 unspecified atom stereocenters. The van der Waals surface area contributed by atoms with Gasteiger partial charge in [0.1, 0.15) is 0 Å². The molecule has 0 spiro atoms. The minimum absolute atomic E-state index is 0.281. The first-order chi connectivity index (χ1) is 9.51. The number of sulfonamides is 1. The molecular formula is C12H14BrClN4O2S. The average molecular weight is 394 g/mol. The summed E-state index contributed by atoms with van der Waals surface area (Å²) in [5.41, 5.74) is 0.0577. The van der Waals surface area contributed by atoms with Crippen LogP contribution in [0.15, 0.2) is 27.8 Å². The van der Waals surface area contributed by atoms with E-state index < -0.39 is 15.6 Å². The van der Waals surface area contributed by atoms with E-state index in [2.05, 4.69) is 26.1 Å². The van der Waals surface area contributed by atoms with Crippen molar-refractivity contribution in [3.63, 3.8) is 0 Å². The summed E-state index contributed by atoms with van der Waals surface area (Å²) in [5.74, 6) is 0.376. The third-order valence-electron chi connectivity index (χ3n) is 2.73. The van der Waals surface area contributed by atoms with E-state index in [-0.39, 0.29) is 5.16 Å². The molecule has 0 aliphatic heterocycles. The Labute approximate surface area is 136 Å². The maximum absolute atomic E-state index is 11.7. The summed E-state index contributed by atoms with van der Waals surface area (Å²) in [5, 5.41) is 13.2. The molecule has 0 fully saturated rings. The molecular weight excluding hydrogens is 380 g/mol. The van der Waals surface area contributed by atoms with E-state index >= 15 is 0 Å². The van der Waals surface area contributed by atoms with E-state index in [1.807, 2.05) is 20.8 Å². The second-order valence-electron chi connectivity index (χ2n) is 5.48. The van der Waals surface area contributed by atoms with Crippen molar-refractivity contribution in [1.29, 1.82) is 0 Å². The van der Waals surface area contributed by atoms with Crippen molar-refractivity contribution in [1.82, 2.24) is 14.8 Å². The lowest BCUT2D eigenvalue weighted by molar-refractivity contribution is 0.366. The number of primary sulfonamides is 1. The Hall–Kier alpha value is -0.960. The number of rotatable bonds is 2. The first kappa shape index (κ1) is 16.4. The highest BCUT2D eigenvalue weighted by atomic mass is 79.9. The van der Waals surface area contributed by atoms with Crippen LogP contribution in [0, 0.1) is 0 Å². The second-order valence-corrected chi connectivity index (χ2v) is 8.23. The first-order valence-corrected chi connectivity index (χ1v) is 8.67. The fraction of sp³-hybridized carbons (Fsp3) is 0.333. The van der Waals surface area contributed by atoms with Gasteiger partial charge in [-0.2, -0.15) is 0 Å². The van der Waals surface area contributed by atoms with Gasteiger partial charge in [-0.3, -0.25) is 4.57 Å². The van der Waals surface area contributed by atoms with E-state index in [4.69, 9.17) is 16.7 Å². The molecule has 6 nitrogen and oxygen atoms in total. The summed E-state index contributed by atoms with van der Waals surface area (Å²) < 4.78 is 25.6. The Morgan fingerprint density at radius 1 is 1.29 bits per heavy atom. The third kappa shape index (κ3) is 3.28. The maximum Gasteiger partial charge on any atom is 0.273 e. The molecule has 0 saturated carbocycles. The molecule has 114 valence electrons. The molecule has 0 aliphatic carbocycles. The van der Waals surface area contributed by atoms with Gasteiger partial charge in [0.05, 0.1) is 0 Å². The normalized spacial score (nSPS) is 12.7. The SMILES string of the molecule is CC(C)(C)n1c(-c2cc(Cl)ccc2Br)nnc1S(N)(=O)=O. The lowest BCUT2D eigenvalue weighted by Crippen LogP contribution is -2.29. The van der Waals surface area contributed by atoms with Gasteiger partial charge in [0.25, 0.3) is 15.2 Å². The second kappa shape index (κ2) is 5.35. The molecule has 0 saturated heterocycles. The van der Waals surface area contributed by atoms with Gasteiger partial charge in [-0.1, -0.05) is 27.5 Å². The van der Waals surface area contributed by atoms with Gasteiger partial charge < -0.3 is 0 Å². The Kier molecular flexibility index (Phi) is 4.18. The van der Waals surface area contributed by atoms with Gasteiger partial charge in [0.15, 0.2) is 5.82 Å². The summed E-state index contributed by atoms with van der Waals surface area (Å²) in [4.78, 5) is 0. The van der Waals surface area contributed by atoms with Crippen molar-refractivity contribution in [3.05, 3.63) is 27.7 Å². The predicted molar refractivity (Wildman–Crippen MR) is 84.5 cm³/mol. The summed E-state index contributed by atoms with van der Waals surface area (Å²) >= 11 is 9.42. The van der Waals surface area contributed by atoms with E-state index in [0.717, 1.165) is 4.47 Å². The lowest BCUT2D eigenvalue weighted by atomic mass is 10.1. The minimum atomic E-state index is -3.99. The molecule has 2 N–H and O–H groups in total. The highest BCUT2D eigenvalue weighted by Gasteiger charge is 2.30. The van der Waals surface area contributed by atoms with Crippen LogP contribution in [0.4, 0.5) is 0 Å². The number of halogens is 2. The zero-order valence-electron chi connectivity index (χ0n) is 11.6. The maximum atomic E-state index is 11.7. The topological polar surface area (TPSA) is 90.9 Å². The number of aromatic nitrogens is 3. The molecule has 2 rings (SSSR count). The van der Waals surface area contributed by atoms with Crippen molar-refractivity contribution in [2.75, 3.05) is 0 Å². The van der Waals surface area contributed by atoms with E-state index in [0.29, 0.717) is 16.4 Å². The average Bonchev–Trinajstić information content (AvgIpc) is 2.76. The van der Waals surface area contributed by atoms with Crippen LogP contribution in [0.1, 0.15) is 20.8 Å². The van der Waals surface area contributed by atoms with E-state index in [1.165, 1.54) is 4.57 Å². The predicted octanol–water partition coefficient (Wildman–Crippen LogP) is 2.76. The highest BCUT2D eigenvalue weighted by Crippen LogP contribution is 2.33. The molecule has 0 bridgehead atoms. The Balaban J connectivity index is 2.83. The van der Waals surface area contributed by atoms with Gasteiger partial charge in [-0.05, 0) is 39.0 Å². The molecule has 0 aliphatic rings. The number of benzene rings is 1. The third-order valence-corrected chi connectivity index (χ3v) is 4.43. The standard InChI is InChI=1S/C12H14BrClN4O2S/c1-12(2,3)18-10(16-17-11(18)21(15,19)20)8-6-7(14)4-5-9(8)13/h4-6H,1-3H3,(H2,15,19,20). The van der Waals surface area contributed by atoms with Crippen molar-refractivity contribution >= 4 is 37.6 Å². The summed E-state index contributed by atoms with van der Waals surface area (Å²) in [6.45, 7) is 5.52. The van der Waals surface area contributed by atoms with Gasteiger partial charge in [-0.25, -0.2) is 13.6 Å². The Morgan fingerprint density at radius 2 is 1.90 bits per heavy atom. The highest BCUT2D eigenvalue weighted by molar-refractivity contribution is 9.10. The molecule has 1 aromatic carbocycles. The molecule has 1 heterocycles. The van der Waals surface area contributed by atoms with Crippen molar-refractivity contribution in [2.24, 2.45) is 5.14 Å². The molecule has 0 amide bonds. The number of nitrogens with zero attached hydrogens (tertiary/aromatic N) is 3. The smallest absolute Gasteiger partial charge is 0.273 e. The number of hydrogen-bond acceptors (Lipinski definition) is 4. The van der Waals surface area contributed by atoms with Crippen LogP contribution in [-0.2, 0) is 15.6 Å². The Bertz CT molecular complexity index is 796. The lowest BCUT2D eigenvalue weighted by Gasteiger charge is -2.24. The first-order valence-electron chi connectivity index (χ1n) is 5.96. The molecule has 2 aromatic rings. The van der Waals surface area contributed by atoms with E-state index in [9.17, 15) is 8.42 Å². The van der Waals surface area contributed by atoms with Crippen LogP contribution >= 0.6 is 27.5 Å². The zero-order valence-corrected chi connectivity index (χ0v) is 14.8. The fourth-order valence-electron chi connectivity index (χ4n) is 1.90. The van der Waals surface area contributed by atoms with Crippen LogP contribution < -0.4 is 5.14 Å². The Morgan fingerprint density at radius 3 is 2.43 bits per heavy atom. The van der Waals surface area contributed by atoms with Crippen LogP contribution in [0.2, 0.25) is 5.02 Å². The molecule has 9 heteroatoms. The largest absolute Gasteiger partial charge is 0.291 e. The van der Waals surface area contributed by atoms with Crippen LogP contribution in [0.3, 0.4) is 0 Å². The van der Waals surface area contributed by atoms with Crippen molar-refractivity contribution in [3.8, 4) is 11.4 Å². The molecule has 0 atom stereocenters. The summed E-state index contributed by atoms with van der Waals surface area (Å²) in [6.07, 6.45) is 0. The summed E-state index contributed by atoms with van der Waals surface area (Å²) in [7, 11) is -3.99. The van der Waals surface area contributed by atoms with Gasteiger partial charge >= 0.3 is 0 Å². The van der Waals surface area contributed by atoms with Crippen molar-refractivity contribution < 1.29 is 8.42 Å². The van der Waals surface area contributed by atoms with Crippen LogP contribution in [0.5, 0.6) is 0 Å². The van der Waals surface area contributed by atoms with Gasteiger partial charge in [0.2, 0.25) is 0 Å². The molecule has 21 heavy (non-hydrogen) atoms. The van der Waals surface area contributed by atoms with Crippen LogP contribution in [-0.4, -0.2) is 23.2 Å². The summed E-state index contributed by atoms with van der Waals surface area (Å²) in [6, 6.07) is 5.16. The molecule has 1 aromatic heterocycles. The van der Waals surface area contributed by atoms with Crippen LogP contribution in [0.25, 0.3) is 11.4 Å². The van der Waals surface area contributed by atoms with Crippen molar-refractivity contribution in [2.45, 2.75) is 31.5 Å². The quantitative estimate of drug-likeness (QED) is 0.849. The van der Waals surface area contributed by atoms with Gasteiger partial charge in [-0.15, -0.1) is 10.2 Å². The number of hydrogen-bond donors (Lipinski definition) is 1. The fourth-order valence-corrected chi connectivity index (χ4v) is 3.27. The minimum Gasteiger partial charge on any atom is -0.291 e. The zero-order chi connectivity index (χ0) is 16.0. The molecule has 0 radical (unpaired) electrons.